The first-order valence-corrected chi connectivity index (χ1v) is 9.35. The van der Waals surface area contributed by atoms with Crippen molar-refractivity contribution in [2.45, 2.75) is 32.8 Å². The van der Waals surface area contributed by atoms with Gasteiger partial charge in [0.2, 0.25) is 17.6 Å². The van der Waals surface area contributed by atoms with Crippen molar-refractivity contribution in [1.29, 1.82) is 0 Å². The van der Waals surface area contributed by atoms with E-state index in [0.717, 1.165) is 22.2 Å². The van der Waals surface area contributed by atoms with Crippen molar-refractivity contribution < 1.29 is 14.4 Å². The average molecular weight is 391 g/mol. The summed E-state index contributed by atoms with van der Waals surface area (Å²) < 4.78 is 5.26. The van der Waals surface area contributed by atoms with E-state index >= 15 is 0 Å². The number of aromatic amines is 1. The van der Waals surface area contributed by atoms with Crippen LogP contribution in [0.5, 0.6) is 0 Å². The number of hydrogen-bond donors (Lipinski definition) is 3. The van der Waals surface area contributed by atoms with Crippen molar-refractivity contribution in [2.24, 2.45) is 0 Å². The maximum absolute atomic E-state index is 12.3. The van der Waals surface area contributed by atoms with Gasteiger partial charge in [0.25, 0.3) is 0 Å². The molecule has 0 fully saturated rings. The van der Waals surface area contributed by atoms with Gasteiger partial charge in [0.15, 0.2) is 0 Å². The third-order valence-electron chi connectivity index (χ3n) is 4.49. The molecule has 1 unspecified atom stereocenters. The van der Waals surface area contributed by atoms with Crippen molar-refractivity contribution in [3.63, 3.8) is 0 Å². The Morgan fingerprint density at radius 3 is 2.90 bits per heavy atom. The molecule has 0 spiro atoms. The number of carbonyl (C=O) groups is 1. The Kier molecular flexibility index (Phi) is 5.09. The minimum Gasteiger partial charge on any atom is -0.385 e. The van der Waals surface area contributed by atoms with Crippen LogP contribution >= 0.6 is 0 Å². The summed E-state index contributed by atoms with van der Waals surface area (Å²) in [5, 5.41) is 16.5. The number of nitrogens with one attached hydrogen (secondary N) is 2. The minimum absolute atomic E-state index is 0.157. The number of benzene rings is 2. The number of hydrogen-bond acceptors (Lipinski definition) is 6. The third-order valence-corrected chi connectivity index (χ3v) is 4.49. The second-order valence-corrected chi connectivity index (χ2v) is 6.96. The van der Waals surface area contributed by atoms with E-state index in [-0.39, 0.29) is 12.3 Å². The van der Waals surface area contributed by atoms with Crippen LogP contribution in [-0.2, 0) is 11.2 Å². The SMILES string of the molecule is Cc1cccc(-c2noc(CCC(=O)Nc3ccc4nc(C(C)O)[nH]c4c3)n2)c1. The second kappa shape index (κ2) is 7.84. The zero-order valence-corrected chi connectivity index (χ0v) is 16.1. The first-order valence-electron chi connectivity index (χ1n) is 9.35. The summed E-state index contributed by atoms with van der Waals surface area (Å²) in [5.74, 6) is 1.27. The van der Waals surface area contributed by atoms with Crippen LogP contribution in [0.1, 0.15) is 36.7 Å². The van der Waals surface area contributed by atoms with Crippen LogP contribution in [0.4, 0.5) is 5.69 Å². The summed E-state index contributed by atoms with van der Waals surface area (Å²) >= 11 is 0. The second-order valence-electron chi connectivity index (χ2n) is 6.96. The standard InChI is InChI=1S/C21H21N5O3/c1-12-4-3-5-14(10-12)21-25-19(29-26-21)9-8-18(28)22-15-6-7-16-17(11-15)24-20(23-16)13(2)27/h3-7,10-11,13,27H,8-9H2,1-2H3,(H,22,28)(H,23,24). The quantitative estimate of drug-likeness (QED) is 0.463. The molecular formula is C21H21N5O3. The summed E-state index contributed by atoms with van der Waals surface area (Å²) in [6, 6.07) is 13.2. The average Bonchev–Trinajstić information content (AvgIpc) is 3.33. The number of aliphatic hydroxyl groups is 1. The number of carbonyl (C=O) groups excluding carboxylic acids is 1. The topological polar surface area (TPSA) is 117 Å². The predicted molar refractivity (Wildman–Crippen MR) is 108 cm³/mol. The van der Waals surface area contributed by atoms with Gasteiger partial charge in [0.1, 0.15) is 11.9 Å². The Labute approximate surface area is 167 Å². The number of H-pyrrole nitrogens is 1. The lowest BCUT2D eigenvalue weighted by molar-refractivity contribution is -0.116. The predicted octanol–water partition coefficient (Wildman–Crippen LogP) is 3.55. The molecule has 8 heteroatoms. The number of anilines is 1. The van der Waals surface area contributed by atoms with Gasteiger partial charge in [0, 0.05) is 24.1 Å². The Balaban J connectivity index is 1.37. The highest BCUT2D eigenvalue weighted by Gasteiger charge is 2.12. The molecule has 4 aromatic rings. The first-order chi connectivity index (χ1) is 14.0. The first kappa shape index (κ1) is 18.8. The third kappa shape index (κ3) is 4.33. The van der Waals surface area contributed by atoms with Crippen LogP contribution in [0, 0.1) is 6.92 Å². The number of imidazole rings is 1. The fourth-order valence-corrected chi connectivity index (χ4v) is 3.01. The van der Waals surface area contributed by atoms with E-state index in [4.69, 9.17) is 4.52 Å². The van der Waals surface area contributed by atoms with Gasteiger partial charge in [0.05, 0.1) is 11.0 Å². The summed E-state index contributed by atoms with van der Waals surface area (Å²) in [6.07, 6.45) is -0.113. The highest BCUT2D eigenvalue weighted by atomic mass is 16.5. The lowest BCUT2D eigenvalue weighted by atomic mass is 10.1. The molecule has 0 saturated heterocycles. The fraction of sp³-hybridized carbons (Fsp3) is 0.238. The number of aromatic nitrogens is 4. The molecule has 8 nitrogen and oxygen atoms in total. The highest BCUT2D eigenvalue weighted by Crippen LogP contribution is 2.20. The van der Waals surface area contributed by atoms with Crippen molar-refractivity contribution >= 4 is 22.6 Å². The number of nitrogens with zero attached hydrogens (tertiary/aromatic N) is 3. The number of amides is 1. The molecule has 0 saturated carbocycles. The maximum Gasteiger partial charge on any atom is 0.227 e. The van der Waals surface area contributed by atoms with Gasteiger partial charge >= 0.3 is 0 Å². The summed E-state index contributed by atoms with van der Waals surface area (Å²) in [6.45, 7) is 3.64. The van der Waals surface area contributed by atoms with Crippen LogP contribution in [0.25, 0.3) is 22.4 Å². The number of fused-ring (bicyclic) bond motifs is 1. The molecule has 0 aliphatic rings. The van der Waals surface area contributed by atoms with E-state index in [2.05, 4.69) is 25.4 Å². The highest BCUT2D eigenvalue weighted by molar-refractivity contribution is 5.93. The largest absolute Gasteiger partial charge is 0.385 e. The van der Waals surface area contributed by atoms with Gasteiger partial charge < -0.3 is 19.9 Å². The Morgan fingerprint density at radius 1 is 1.24 bits per heavy atom. The Hall–Kier alpha value is -3.52. The fourth-order valence-electron chi connectivity index (χ4n) is 3.01. The van der Waals surface area contributed by atoms with Gasteiger partial charge in [-0.2, -0.15) is 4.98 Å². The summed E-state index contributed by atoms with van der Waals surface area (Å²) in [4.78, 5) is 24.0. The molecule has 3 N–H and O–H groups in total. The minimum atomic E-state index is -0.681. The lowest BCUT2D eigenvalue weighted by Gasteiger charge is -2.04. The monoisotopic (exact) mass is 391 g/mol. The van der Waals surface area contributed by atoms with E-state index in [1.54, 1.807) is 25.1 Å². The van der Waals surface area contributed by atoms with Crippen molar-refractivity contribution in [2.75, 3.05) is 5.32 Å². The number of aliphatic hydroxyl groups excluding tert-OH is 1. The molecule has 1 atom stereocenters. The molecule has 2 aromatic heterocycles. The van der Waals surface area contributed by atoms with E-state index in [0.29, 0.717) is 29.6 Å². The zero-order chi connectivity index (χ0) is 20.4. The lowest BCUT2D eigenvalue weighted by Crippen LogP contribution is -2.12. The summed E-state index contributed by atoms with van der Waals surface area (Å²) in [5.41, 5.74) is 4.12. The van der Waals surface area contributed by atoms with Gasteiger partial charge in [-0.15, -0.1) is 0 Å². The Bertz CT molecular complexity index is 1160. The van der Waals surface area contributed by atoms with E-state index < -0.39 is 6.10 Å². The van der Waals surface area contributed by atoms with Crippen LogP contribution < -0.4 is 5.32 Å². The van der Waals surface area contributed by atoms with Gasteiger partial charge in [-0.3, -0.25) is 4.79 Å². The van der Waals surface area contributed by atoms with Crippen LogP contribution in [0.2, 0.25) is 0 Å². The van der Waals surface area contributed by atoms with Crippen LogP contribution in [0.15, 0.2) is 47.0 Å². The van der Waals surface area contributed by atoms with Gasteiger partial charge in [-0.05, 0) is 38.1 Å². The smallest absolute Gasteiger partial charge is 0.227 e. The van der Waals surface area contributed by atoms with Crippen molar-refractivity contribution in [3.8, 4) is 11.4 Å². The van der Waals surface area contributed by atoms with Gasteiger partial charge in [-0.1, -0.05) is 28.9 Å². The van der Waals surface area contributed by atoms with Crippen molar-refractivity contribution in [3.05, 3.63) is 59.7 Å². The summed E-state index contributed by atoms with van der Waals surface area (Å²) in [7, 11) is 0. The van der Waals surface area contributed by atoms with Crippen LogP contribution in [-0.4, -0.2) is 31.1 Å². The van der Waals surface area contributed by atoms with E-state index in [1.165, 1.54) is 0 Å². The maximum atomic E-state index is 12.3. The molecule has 4 rings (SSSR count). The molecule has 148 valence electrons. The molecular weight excluding hydrogens is 370 g/mol. The molecule has 29 heavy (non-hydrogen) atoms. The molecule has 0 radical (unpaired) electrons. The van der Waals surface area contributed by atoms with Crippen LogP contribution in [0.3, 0.4) is 0 Å². The molecule has 2 aromatic carbocycles. The van der Waals surface area contributed by atoms with E-state index in [1.807, 2.05) is 31.2 Å². The molecule has 2 heterocycles. The Morgan fingerprint density at radius 2 is 2.10 bits per heavy atom. The van der Waals surface area contributed by atoms with Crippen molar-refractivity contribution in [1.82, 2.24) is 20.1 Å². The molecule has 0 aliphatic heterocycles. The normalized spacial score (nSPS) is 12.2. The molecule has 0 bridgehead atoms. The van der Waals surface area contributed by atoms with E-state index in [9.17, 15) is 9.90 Å². The molecule has 0 aliphatic carbocycles. The zero-order valence-electron chi connectivity index (χ0n) is 16.1. The number of rotatable bonds is 6. The molecule has 1 amide bonds. The number of aryl methyl sites for hydroxylation is 2. The van der Waals surface area contributed by atoms with Gasteiger partial charge in [-0.25, -0.2) is 4.98 Å².